The Morgan fingerprint density at radius 1 is 0.935 bits per heavy atom. The summed E-state index contributed by atoms with van der Waals surface area (Å²) < 4.78 is 0. The molecule has 5 rings (SSSR count). The normalized spacial score (nSPS) is 13.8. The van der Waals surface area contributed by atoms with Crippen LogP contribution in [-0.4, -0.2) is 15.1 Å². The molecule has 0 saturated carbocycles. The molecule has 31 heavy (non-hydrogen) atoms. The molecule has 2 aromatic carbocycles. The maximum absolute atomic E-state index is 10.5. The Hall–Kier alpha value is -3.99. The van der Waals surface area contributed by atoms with Crippen LogP contribution in [0.25, 0.3) is 28.8 Å². The van der Waals surface area contributed by atoms with E-state index in [-0.39, 0.29) is 5.88 Å². The van der Waals surface area contributed by atoms with Crippen LogP contribution in [0.3, 0.4) is 0 Å². The van der Waals surface area contributed by atoms with Crippen molar-refractivity contribution in [2.24, 2.45) is 10.2 Å². The molecule has 2 aromatic heterocycles. The van der Waals surface area contributed by atoms with Crippen LogP contribution in [0.5, 0.6) is 5.88 Å². The zero-order chi connectivity index (χ0) is 21.4. The Kier molecular flexibility index (Phi) is 4.71. The first-order valence-electron chi connectivity index (χ1n) is 10.3. The summed E-state index contributed by atoms with van der Waals surface area (Å²) in [6.45, 7) is 4.33. The van der Waals surface area contributed by atoms with Gasteiger partial charge in [0.15, 0.2) is 5.88 Å². The van der Waals surface area contributed by atoms with Crippen LogP contribution in [0.2, 0.25) is 0 Å². The average molecular weight is 406 g/mol. The fourth-order valence-corrected chi connectivity index (χ4v) is 3.76. The molecule has 0 amide bonds. The summed E-state index contributed by atoms with van der Waals surface area (Å²) in [6, 6.07) is 16.2. The third kappa shape index (κ3) is 3.66. The molecule has 0 radical (unpaired) electrons. The van der Waals surface area contributed by atoms with Gasteiger partial charge in [-0.2, -0.15) is 0 Å². The molecule has 0 atom stereocenters. The van der Waals surface area contributed by atoms with Crippen molar-refractivity contribution in [3.8, 4) is 5.88 Å². The first-order valence-corrected chi connectivity index (χ1v) is 10.3. The van der Waals surface area contributed by atoms with Gasteiger partial charge in [-0.25, -0.2) is 0 Å². The van der Waals surface area contributed by atoms with Crippen molar-refractivity contribution >= 4 is 34.4 Å². The highest BCUT2D eigenvalue weighted by Crippen LogP contribution is 2.30. The number of rotatable bonds is 4. The number of azo groups is 1. The van der Waals surface area contributed by atoms with Crippen LogP contribution in [0.15, 0.2) is 77.2 Å². The quantitative estimate of drug-likeness (QED) is 0.492. The summed E-state index contributed by atoms with van der Waals surface area (Å²) in [5, 5.41) is 22.1. The second-order valence-corrected chi connectivity index (χ2v) is 7.97. The van der Waals surface area contributed by atoms with E-state index in [4.69, 9.17) is 0 Å². The number of nitrogens with one attached hydrogen (secondary N) is 1. The van der Waals surface area contributed by atoms with Gasteiger partial charge in [0.2, 0.25) is 0 Å². The molecule has 0 fully saturated rings. The van der Waals surface area contributed by atoms with Crippen LogP contribution < -0.4 is 10.4 Å². The van der Waals surface area contributed by atoms with Gasteiger partial charge in [0.25, 0.3) is 0 Å². The molecule has 5 nitrogen and oxygen atoms in total. The van der Waals surface area contributed by atoms with Gasteiger partial charge in [-0.1, -0.05) is 32.1 Å². The van der Waals surface area contributed by atoms with Crippen LogP contribution in [0.4, 0.5) is 5.69 Å². The minimum Gasteiger partial charge on any atom is -0.494 e. The number of aromatic nitrogens is 2. The number of aromatic hydroxyl groups is 1. The first kappa shape index (κ1) is 19.0. The molecule has 0 bridgehead atoms. The summed E-state index contributed by atoms with van der Waals surface area (Å²) in [5.41, 5.74) is 5.66. The summed E-state index contributed by atoms with van der Waals surface area (Å²) in [6.07, 6.45) is 9.48. The minimum atomic E-state index is 0.172. The Bertz CT molecular complexity index is 1460. The second kappa shape index (κ2) is 7.69. The molecule has 0 saturated heterocycles. The fourth-order valence-electron chi connectivity index (χ4n) is 3.76. The lowest BCUT2D eigenvalue weighted by atomic mass is 10.00. The lowest BCUT2D eigenvalue weighted by molar-refractivity contribution is 0.457. The van der Waals surface area contributed by atoms with E-state index in [1.54, 1.807) is 12.4 Å². The van der Waals surface area contributed by atoms with Gasteiger partial charge in [-0.15, -0.1) is 10.2 Å². The van der Waals surface area contributed by atoms with E-state index in [1.807, 2.05) is 54.6 Å². The molecular formula is C26H22N4O. The second-order valence-electron chi connectivity index (χ2n) is 7.97. The molecule has 0 aliphatic carbocycles. The minimum absolute atomic E-state index is 0.172. The summed E-state index contributed by atoms with van der Waals surface area (Å²) in [4.78, 5) is 7.10. The SMILES string of the molecule is CC(C)c1ccc2[nH]c(O)c(/C=c3\ccc4c(c3)N=NC=4/C=C/c3ccncc3)c2c1. The van der Waals surface area contributed by atoms with Crippen LogP contribution >= 0.6 is 0 Å². The lowest BCUT2D eigenvalue weighted by Gasteiger charge is -2.05. The van der Waals surface area contributed by atoms with Crippen molar-refractivity contribution < 1.29 is 5.11 Å². The molecule has 5 heteroatoms. The van der Waals surface area contributed by atoms with Crippen molar-refractivity contribution in [2.75, 3.05) is 0 Å². The summed E-state index contributed by atoms with van der Waals surface area (Å²) in [5.74, 6) is 0.592. The zero-order valence-corrected chi connectivity index (χ0v) is 17.4. The van der Waals surface area contributed by atoms with Gasteiger partial charge in [0, 0.05) is 34.1 Å². The number of H-pyrrole nitrogens is 1. The molecule has 152 valence electrons. The van der Waals surface area contributed by atoms with Gasteiger partial charge >= 0.3 is 0 Å². The smallest absolute Gasteiger partial charge is 0.196 e. The molecule has 2 N–H and O–H groups in total. The molecule has 3 heterocycles. The van der Waals surface area contributed by atoms with Crippen LogP contribution in [0.1, 0.15) is 36.5 Å². The van der Waals surface area contributed by atoms with Crippen molar-refractivity contribution in [1.82, 2.24) is 9.97 Å². The van der Waals surface area contributed by atoms with Crippen LogP contribution in [-0.2, 0) is 0 Å². The Balaban J connectivity index is 1.56. The van der Waals surface area contributed by atoms with Gasteiger partial charge in [0.05, 0.1) is 11.4 Å². The Labute approximate surface area is 179 Å². The topological polar surface area (TPSA) is 73.6 Å². The zero-order valence-electron chi connectivity index (χ0n) is 17.4. The molecule has 1 aliphatic rings. The van der Waals surface area contributed by atoms with E-state index < -0.39 is 0 Å². The standard InChI is InChI=1S/C26H22N4O/c1-16(2)19-5-8-23-21(15-19)22(26(31)28-23)13-18-3-6-20-24(29-30-25(20)14-18)7-4-17-9-11-27-12-10-17/h3-16,28,31H,1-2H3/b7-4+,18-13+. The lowest BCUT2D eigenvalue weighted by Crippen LogP contribution is -2.08. The largest absolute Gasteiger partial charge is 0.494 e. The van der Waals surface area contributed by atoms with Crippen molar-refractivity contribution in [2.45, 2.75) is 19.8 Å². The number of nitrogens with zero attached hydrogens (tertiary/aromatic N) is 3. The highest BCUT2D eigenvalue weighted by molar-refractivity contribution is 5.92. The summed E-state index contributed by atoms with van der Waals surface area (Å²) >= 11 is 0. The van der Waals surface area contributed by atoms with Gasteiger partial charge in [0.1, 0.15) is 0 Å². The van der Waals surface area contributed by atoms with Gasteiger partial charge < -0.3 is 10.1 Å². The van der Waals surface area contributed by atoms with Crippen molar-refractivity contribution in [1.29, 1.82) is 0 Å². The van der Waals surface area contributed by atoms with Gasteiger partial charge in [-0.3, -0.25) is 4.98 Å². The third-order valence-corrected chi connectivity index (χ3v) is 5.52. The average Bonchev–Trinajstić information content (AvgIpc) is 3.32. The fraction of sp³-hybridized carbons (Fsp3) is 0.115. The number of hydrogen-bond acceptors (Lipinski definition) is 4. The van der Waals surface area contributed by atoms with Gasteiger partial charge in [-0.05, 0) is 70.8 Å². The van der Waals surface area contributed by atoms with E-state index in [0.717, 1.165) is 43.9 Å². The number of pyridine rings is 1. The number of benzene rings is 2. The predicted octanol–water partition coefficient (Wildman–Crippen LogP) is 5.14. The van der Waals surface area contributed by atoms with Crippen LogP contribution in [0, 0.1) is 0 Å². The number of aromatic amines is 1. The molecule has 1 aliphatic heterocycles. The Morgan fingerprint density at radius 3 is 2.58 bits per heavy atom. The number of fused-ring (bicyclic) bond motifs is 2. The number of hydrogen-bond donors (Lipinski definition) is 2. The molecule has 4 aromatic rings. The Morgan fingerprint density at radius 2 is 1.77 bits per heavy atom. The van der Waals surface area contributed by atoms with Crippen molar-refractivity contribution in [3.63, 3.8) is 0 Å². The van der Waals surface area contributed by atoms with Crippen molar-refractivity contribution in [3.05, 3.63) is 94.1 Å². The molecule has 0 unspecified atom stereocenters. The predicted molar refractivity (Wildman–Crippen MR) is 125 cm³/mol. The first-order chi connectivity index (χ1) is 15.1. The van der Waals surface area contributed by atoms with E-state index in [2.05, 4.69) is 46.2 Å². The van der Waals surface area contributed by atoms with E-state index in [1.165, 1.54) is 5.56 Å². The molecule has 0 spiro atoms. The third-order valence-electron chi connectivity index (χ3n) is 5.52. The van der Waals surface area contributed by atoms with E-state index >= 15 is 0 Å². The highest BCUT2D eigenvalue weighted by atomic mass is 16.3. The monoisotopic (exact) mass is 406 g/mol. The highest BCUT2D eigenvalue weighted by Gasteiger charge is 2.11. The van der Waals surface area contributed by atoms with E-state index in [0.29, 0.717) is 5.92 Å². The van der Waals surface area contributed by atoms with E-state index in [9.17, 15) is 5.11 Å². The maximum Gasteiger partial charge on any atom is 0.196 e. The summed E-state index contributed by atoms with van der Waals surface area (Å²) in [7, 11) is 0. The maximum atomic E-state index is 10.5. The molecular weight excluding hydrogens is 384 g/mol.